The van der Waals surface area contributed by atoms with Gasteiger partial charge in [0.25, 0.3) is 0 Å². The van der Waals surface area contributed by atoms with Crippen LogP contribution < -0.4 is 9.47 Å². The predicted octanol–water partition coefficient (Wildman–Crippen LogP) is 2.61. The van der Waals surface area contributed by atoms with Crippen molar-refractivity contribution >= 4 is 18.7 Å². The number of thiol groups is 1. The molecule has 21 heavy (non-hydrogen) atoms. The monoisotopic (exact) mass is 305 g/mol. The topological polar surface area (TPSA) is 102 Å². The highest BCUT2D eigenvalue weighted by atomic mass is 32.1. The number of benzene rings is 1. The molecular weight excluding hydrogens is 294 g/mol. The van der Waals surface area contributed by atoms with E-state index in [0.717, 1.165) is 0 Å². The third-order valence-electron chi connectivity index (χ3n) is 2.63. The molecule has 1 heterocycles. The van der Waals surface area contributed by atoms with Crippen molar-refractivity contribution in [3.05, 3.63) is 52.0 Å². The molecule has 0 aliphatic rings. The number of carbonyl (C=O) groups is 1. The molecule has 0 aliphatic carbocycles. The van der Waals surface area contributed by atoms with Gasteiger partial charge in [0.05, 0.1) is 7.11 Å². The third kappa shape index (κ3) is 3.47. The van der Waals surface area contributed by atoms with Crippen LogP contribution in [0.25, 0.3) is 10.4 Å². The second kappa shape index (κ2) is 6.69. The fraction of sp³-hybridized carbons (Fsp3) is 0.167. The van der Waals surface area contributed by atoms with Crippen LogP contribution in [0.4, 0.5) is 0 Å². The zero-order chi connectivity index (χ0) is 15.2. The number of rotatable bonds is 5. The van der Waals surface area contributed by atoms with Gasteiger partial charge < -0.3 is 9.47 Å². The van der Waals surface area contributed by atoms with Gasteiger partial charge in [0.15, 0.2) is 0 Å². The molecule has 0 atom stereocenters. The van der Waals surface area contributed by atoms with E-state index in [1.807, 2.05) is 0 Å². The van der Waals surface area contributed by atoms with E-state index in [1.54, 1.807) is 24.4 Å². The first-order valence-electron chi connectivity index (χ1n) is 5.78. The Bertz CT molecular complexity index is 709. The van der Waals surface area contributed by atoms with Gasteiger partial charge in [-0.1, -0.05) is 12.1 Å². The van der Waals surface area contributed by atoms with Crippen molar-refractivity contribution < 1.29 is 14.3 Å². The lowest BCUT2D eigenvalue weighted by Gasteiger charge is -2.12. The second-order valence-corrected chi connectivity index (χ2v) is 4.25. The number of carbonyl (C=O) groups excluding carboxylic acids is 1. The Labute approximate surface area is 125 Å². The molecule has 0 saturated carbocycles. The Kier molecular flexibility index (Phi) is 4.70. The van der Waals surface area contributed by atoms with Crippen LogP contribution in [0.2, 0.25) is 0 Å². The Hall–Kier alpha value is -2.64. The lowest BCUT2D eigenvalue weighted by atomic mass is 10.1. The minimum absolute atomic E-state index is 0.0385. The number of methoxy groups -OCH3 is 1. The minimum atomic E-state index is -0.699. The highest BCUT2D eigenvalue weighted by Crippen LogP contribution is 2.24. The fourth-order valence-electron chi connectivity index (χ4n) is 1.72. The SMILES string of the molecule is COc1cccc(C(=O)N=[N+]=[N-])c1COc1ccn(S)n1. The molecule has 0 aliphatic heterocycles. The lowest BCUT2D eigenvalue weighted by Crippen LogP contribution is -2.07. The summed E-state index contributed by atoms with van der Waals surface area (Å²) in [7, 11) is 1.48. The zero-order valence-electron chi connectivity index (χ0n) is 11.0. The fourth-order valence-corrected chi connectivity index (χ4v) is 1.88. The third-order valence-corrected chi connectivity index (χ3v) is 2.86. The Morgan fingerprint density at radius 3 is 2.95 bits per heavy atom. The molecule has 0 fully saturated rings. The van der Waals surface area contributed by atoms with Crippen molar-refractivity contribution in [2.45, 2.75) is 6.61 Å². The first kappa shape index (κ1) is 14.8. The smallest absolute Gasteiger partial charge is 0.249 e. The van der Waals surface area contributed by atoms with E-state index >= 15 is 0 Å². The van der Waals surface area contributed by atoms with Crippen molar-refractivity contribution in [3.8, 4) is 11.6 Å². The van der Waals surface area contributed by atoms with E-state index in [1.165, 1.54) is 17.3 Å². The average molecular weight is 305 g/mol. The van der Waals surface area contributed by atoms with Crippen LogP contribution in [-0.4, -0.2) is 22.2 Å². The maximum atomic E-state index is 11.8. The maximum absolute atomic E-state index is 11.8. The van der Waals surface area contributed by atoms with E-state index in [9.17, 15) is 4.79 Å². The highest BCUT2D eigenvalue weighted by molar-refractivity contribution is 7.78. The first-order chi connectivity index (χ1) is 10.2. The van der Waals surface area contributed by atoms with E-state index < -0.39 is 5.91 Å². The summed E-state index contributed by atoms with van der Waals surface area (Å²) in [6.07, 6.45) is 1.60. The summed E-state index contributed by atoms with van der Waals surface area (Å²) < 4.78 is 12.0. The molecule has 1 aromatic heterocycles. The van der Waals surface area contributed by atoms with Crippen LogP contribution in [0.3, 0.4) is 0 Å². The molecule has 2 aromatic rings. The number of aromatic nitrogens is 2. The summed E-state index contributed by atoms with van der Waals surface area (Å²) in [5.74, 6) is 0.104. The second-order valence-electron chi connectivity index (χ2n) is 3.84. The van der Waals surface area contributed by atoms with Gasteiger partial charge in [0.2, 0.25) is 11.8 Å². The van der Waals surface area contributed by atoms with E-state index in [-0.39, 0.29) is 12.2 Å². The average Bonchev–Trinajstić information content (AvgIpc) is 2.90. The van der Waals surface area contributed by atoms with Crippen molar-refractivity contribution in [1.29, 1.82) is 0 Å². The standard InChI is InChI=1S/C12H11N5O3S/c1-19-10-4-2-3-8(12(18)14-16-13)9(10)7-20-11-5-6-17(21)15-11/h2-6,21H,7H2,1H3. The highest BCUT2D eigenvalue weighted by Gasteiger charge is 2.15. The molecule has 108 valence electrons. The molecule has 0 bridgehead atoms. The summed E-state index contributed by atoms with van der Waals surface area (Å²) >= 11 is 4.00. The van der Waals surface area contributed by atoms with Crippen molar-refractivity contribution in [2.24, 2.45) is 5.11 Å². The van der Waals surface area contributed by atoms with Gasteiger partial charge in [0, 0.05) is 28.3 Å². The van der Waals surface area contributed by atoms with Gasteiger partial charge in [-0.2, -0.15) is 0 Å². The Balaban J connectivity index is 2.30. The van der Waals surface area contributed by atoms with Crippen molar-refractivity contribution in [2.75, 3.05) is 7.11 Å². The number of hydrogen-bond acceptors (Lipinski definition) is 5. The molecule has 1 amide bonds. The molecular formula is C12H11N5O3S. The van der Waals surface area contributed by atoms with Crippen LogP contribution in [0.15, 0.2) is 35.6 Å². The number of hydrogen-bond donors (Lipinski definition) is 1. The van der Waals surface area contributed by atoms with E-state index in [4.69, 9.17) is 15.0 Å². The summed E-state index contributed by atoms with van der Waals surface area (Å²) in [4.78, 5) is 14.3. The first-order valence-corrected chi connectivity index (χ1v) is 6.18. The summed E-state index contributed by atoms with van der Waals surface area (Å²) in [5.41, 5.74) is 9.08. The Morgan fingerprint density at radius 2 is 2.33 bits per heavy atom. The summed E-state index contributed by atoms with van der Waals surface area (Å²) in [6, 6.07) is 6.47. The molecule has 9 heteroatoms. The van der Waals surface area contributed by atoms with Crippen LogP contribution >= 0.6 is 12.8 Å². The maximum Gasteiger partial charge on any atom is 0.249 e. The number of ether oxygens (including phenoxy) is 2. The van der Waals surface area contributed by atoms with E-state index in [0.29, 0.717) is 17.2 Å². The lowest BCUT2D eigenvalue weighted by molar-refractivity contribution is 0.0997. The van der Waals surface area contributed by atoms with E-state index in [2.05, 4.69) is 27.9 Å². The van der Waals surface area contributed by atoms with Gasteiger partial charge in [-0.15, -0.1) is 5.10 Å². The largest absolute Gasteiger partial charge is 0.496 e. The Morgan fingerprint density at radius 1 is 1.52 bits per heavy atom. The molecule has 0 spiro atoms. The number of amides is 1. The molecule has 0 saturated heterocycles. The van der Waals surface area contributed by atoms with Gasteiger partial charge >= 0.3 is 0 Å². The van der Waals surface area contributed by atoms with Crippen LogP contribution in [0.5, 0.6) is 11.6 Å². The molecule has 2 rings (SSSR count). The number of azide groups is 1. The quantitative estimate of drug-likeness (QED) is 0.397. The molecule has 8 nitrogen and oxygen atoms in total. The molecule has 1 aromatic carbocycles. The van der Waals surface area contributed by atoms with Gasteiger partial charge in [-0.3, -0.25) is 4.79 Å². The zero-order valence-corrected chi connectivity index (χ0v) is 11.9. The van der Waals surface area contributed by atoms with Crippen LogP contribution in [0.1, 0.15) is 15.9 Å². The van der Waals surface area contributed by atoms with Crippen molar-refractivity contribution in [1.82, 2.24) is 9.19 Å². The molecule has 0 N–H and O–H groups in total. The summed E-state index contributed by atoms with van der Waals surface area (Å²) in [6.45, 7) is 0.0385. The molecule has 0 unspecified atom stereocenters. The minimum Gasteiger partial charge on any atom is -0.496 e. The van der Waals surface area contributed by atoms with Crippen molar-refractivity contribution in [3.63, 3.8) is 0 Å². The van der Waals surface area contributed by atoms with Gasteiger partial charge in [0.1, 0.15) is 12.4 Å². The van der Waals surface area contributed by atoms with Crippen LogP contribution in [-0.2, 0) is 6.61 Å². The molecule has 0 radical (unpaired) electrons. The van der Waals surface area contributed by atoms with Gasteiger partial charge in [-0.25, -0.2) is 4.09 Å². The summed E-state index contributed by atoms with van der Waals surface area (Å²) in [5, 5.41) is 7.03. The normalized spacial score (nSPS) is 9.81. The number of nitrogens with zero attached hydrogens (tertiary/aromatic N) is 5. The van der Waals surface area contributed by atoms with Gasteiger partial charge in [-0.05, 0) is 29.5 Å². The van der Waals surface area contributed by atoms with Crippen LogP contribution in [0, 0.1) is 0 Å². The predicted molar refractivity (Wildman–Crippen MR) is 77.4 cm³/mol.